The van der Waals surface area contributed by atoms with Crippen molar-refractivity contribution in [3.05, 3.63) is 193 Å². The van der Waals surface area contributed by atoms with Crippen LogP contribution >= 0.6 is 0 Å². The van der Waals surface area contributed by atoms with Crippen molar-refractivity contribution >= 4 is 43.3 Å². The minimum Gasteiger partial charge on any atom is -0.497 e. The third kappa shape index (κ3) is 10.5. The Morgan fingerprint density at radius 2 is 1.19 bits per heavy atom. The lowest BCUT2D eigenvalue weighted by Crippen LogP contribution is -2.68. The van der Waals surface area contributed by atoms with Crippen LogP contribution in [0.4, 0.5) is 0 Å². The van der Waals surface area contributed by atoms with Crippen molar-refractivity contribution in [1.29, 1.82) is 0 Å². The summed E-state index contributed by atoms with van der Waals surface area (Å²) < 4.78 is 27.9. The van der Waals surface area contributed by atoms with Gasteiger partial charge in [0.2, 0.25) is 5.91 Å². The fourth-order valence-corrected chi connectivity index (χ4v) is 21.2. The van der Waals surface area contributed by atoms with Crippen molar-refractivity contribution < 1.29 is 23.1 Å². The summed E-state index contributed by atoms with van der Waals surface area (Å²) >= 11 is 0. The highest BCUT2D eigenvalue weighted by Crippen LogP contribution is 2.55. The van der Waals surface area contributed by atoms with Crippen LogP contribution in [0.1, 0.15) is 98.1 Å². The largest absolute Gasteiger partial charge is 0.497 e. The van der Waals surface area contributed by atoms with E-state index in [4.69, 9.17) is 18.3 Å². The third-order valence-corrected chi connectivity index (χ3v) is 25.5. The van der Waals surface area contributed by atoms with Gasteiger partial charge in [-0.05, 0) is 61.5 Å². The minimum absolute atomic E-state index is 0.0746. The molecule has 0 N–H and O–H groups in total. The van der Waals surface area contributed by atoms with Crippen LogP contribution in [0.2, 0.25) is 10.1 Å². The van der Waals surface area contributed by atoms with Gasteiger partial charge in [-0.25, -0.2) is 0 Å². The van der Waals surface area contributed by atoms with Gasteiger partial charge < -0.3 is 23.2 Å². The lowest BCUT2D eigenvalue weighted by atomic mass is 9.83. The zero-order chi connectivity index (χ0) is 51.0. The second-order valence-corrected chi connectivity index (χ2v) is 30.3. The molecule has 1 aliphatic carbocycles. The van der Waals surface area contributed by atoms with Gasteiger partial charge in [0.15, 0.2) is 0 Å². The maximum atomic E-state index is 15.1. The Balaban J connectivity index is 1.34. The van der Waals surface area contributed by atoms with Crippen LogP contribution in [0, 0.1) is 23.7 Å². The zero-order valence-corrected chi connectivity index (χ0v) is 46.1. The number of amides is 1. The Hall–Kier alpha value is -5.96. The average Bonchev–Trinajstić information content (AvgIpc) is 3.83. The quantitative estimate of drug-likeness (QED) is 0.0372. The number of unbranched alkanes of at least 4 members (excludes halogenated alkanes) is 2. The normalized spacial score (nSPS) is 19.7. The number of carbonyl (C=O) groups excluding carboxylic acids is 1. The molecule has 72 heavy (non-hydrogen) atoms. The highest BCUT2D eigenvalue weighted by atomic mass is 28.4. The summed E-state index contributed by atoms with van der Waals surface area (Å²) in [5.74, 6) is 8.57. The number of benzene rings is 6. The number of fused-ring (bicyclic) bond motifs is 1. The van der Waals surface area contributed by atoms with E-state index >= 15 is 4.79 Å². The number of rotatable bonds is 18. The van der Waals surface area contributed by atoms with E-state index in [9.17, 15) is 0 Å². The topological polar surface area (TPSA) is 57.2 Å². The van der Waals surface area contributed by atoms with Gasteiger partial charge >= 0.3 is 0 Å². The predicted molar refractivity (Wildman–Crippen MR) is 301 cm³/mol. The molecule has 2 aliphatic rings. The summed E-state index contributed by atoms with van der Waals surface area (Å²) in [6, 6.07) is 59.8. The molecular formula is C64H75NO5Si2. The Kier molecular flexibility index (Phi) is 16.3. The Labute approximate surface area is 433 Å². The Bertz CT molecular complexity index is 2720. The average molecular weight is 994 g/mol. The van der Waals surface area contributed by atoms with E-state index in [1.807, 2.05) is 36.4 Å². The van der Waals surface area contributed by atoms with Crippen molar-refractivity contribution in [1.82, 2.24) is 4.90 Å². The molecule has 0 radical (unpaired) electrons. The summed E-state index contributed by atoms with van der Waals surface area (Å²) in [6.07, 6.45) is 9.23. The van der Waals surface area contributed by atoms with Gasteiger partial charge in [0.05, 0.1) is 33.0 Å². The molecule has 4 unspecified atom stereocenters. The second kappa shape index (κ2) is 22.4. The van der Waals surface area contributed by atoms with Crippen LogP contribution in [0.5, 0.6) is 11.5 Å². The minimum atomic E-state index is -3.14. The van der Waals surface area contributed by atoms with Gasteiger partial charge in [0.25, 0.3) is 16.6 Å². The molecule has 5 atom stereocenters. The van der Waals surface area contributed by atoms with E-state index < -0.39 is 22.2 Å². The molecule has 6 aromatic carbocycles. The first-order valence-electron chi connectivity index (χ1n) is 26.1. The Morgan fingerprint density at radius 3 is 1.68 bits per heavy atom. The first-order chi connectivity index (χ1) is 34.7. The van der Waals surface area contributed by atoms with Crippen LogP contribution in [0.25, 0.3) is 0 Å². The van der Waals surface area contributed by atoms with Crippen LogP contribution in [0.15, 0.2) is 182 Å². The number of hydrogen-bond acceptors (Lipinski definition) is 5. The van der Waals surface area contributed by atoms with E-state index in [1.165, 1.54) is 20.7 Å². The van der Waals surface area contributed by atoms with Crippen LogP contribution < -0.4 is 30.2 Å². The monoisotopic (exact) mass is 994 g/mol. The Morgan fingerprint density at radius 1 is 0.681 bits per heavy atom. The molecule has 6 nitrogen and oxygen atoms in total. The third-order valence-electron chi connectivity index (χ3n) is 15.3. The standard InChI is InChI=1S/C64H75NO5Si2/c1-10-11-17-30-51(69-71(62(2,3)4,53-31-20-13-21-32-53)54-33-22-14-23-34-54)41-42-57-58-46-61(66)65(48-50-39-40-52(67-8)45-59(50)68-9)64(58,44-43-49-28-18-12-19-29-49)47-60(57)70-72(63(5,6)7,55-35-24-15-25-36-55)56-37-26-16-27-38-56/h12-16,18-29,31-42,45,51,57-58,60H,10-11,17,30,46-48H2,1-9H3/t51-,57?,58?,60?,64?/m0/s1. The van der Waals surface area contributed by atoms with Crippen molar-refractivity contribution in [3.8, 4) is 23.3 Å². The van der Waals surface area contributed by atoms with Crippen molar-refractivity contribution in [2.75, 3.05) is 14.2 Å². The number of hydrogen-bond donors (Lipinski definition) is 0. The van der Waals surface area contributed by atoms with Gasteiger partial charge in [-0.2, -0.15) is 0 Å². The number of ether oxygens (including phenoxy) is 2. The van der Waals surface area contributed by atoms with E-state index in [2.05, 4.69) is 211 Å². The van der Waals surface area contributed by atoms with E-state index in [1.54, 1.807) is 14.2 Å². The fraction of sp³-hybridized carbons (Fsp3) is 0.359. The molecular weight excluding hydrogens is 919 g/mol. The molecule has 1 aliphatic heterocycles. The van der Waals surface area contributed by atoms with Gasteiger partial charge in [0.1, 0.15) is 17.0 Å². The molecule has 0 spiro atoms. The summed E-state index contributed by atoms with van der Waals surface area (Å²) in [4.78, 5) is 17.2. The first-order valence-corrected chi connectivity index (χ1v) is 29.9. The molecule has 1 saturated heterocycles. The molecule has 6 aromatic rings. The van der Waals surface area contributed by atoms with Gasteiger partial charge in [-0.15, -0.1) is 0 Å². The van der Waals surface area contributed by atoms with Crippen molar-refractivity contribution in [3.63, 3.8) is 0 Å². The van der Waals surface area contributed by atoms with Crippen LogP contribution in [-0.4, -0.2) is 59.4 Å². The lowest BCUT2D eigenvalue weighted by Gasteiger charge is -2.46. The summed E-state index contributed by atoms with van der Waals surface area (Å²) in [6.45, 7) is 16.7. The summed E-state index contributed by atoms with van der Waals surface area (Å²) in [7, 11) is -2.78. The highest BCUT2D eigenvalue weighted by molar-refractivity contribution is 7.00. The number of likely N-dealkylation sites (tertiary alicyclic amines) is 1. The maximum Gasteiger partial charge on any atom is 0.261 e. The molecule has 0 bridgehead atoms. The SMILES string of the molecule is CCCCC[C@@H](C=CC1C(O[Si](c2ccccc2)(c2ccccc2)C(C)(C)C)CC2(C#Cc3ccccc3)C1CC(=O)N2Cc1ccc(OC)cc1OC)O[Si](c1ccccc1)(c1ccccc1)C(C)(C)C. The van der Waals surface area contributed by atoms with Crippen molar-refractivity contribution in [2.45, 2.75) is 121 Å². The van der Waals surface area contributed by atoms with Gasteiger partial charge in [-0.3, -0.25) is 4.79 Å². The number of carbonyl (C=O) groups is 1. The summed E-state index contributed by atoms with van der Waals surface area (Å²) in [5.41, 5.74) is 0.913. The molecule has 2 fully saturated rings. The zero-order valence-electron chi connectivity index (χ0n) is 44.1. The van der Waals surface area contributed by atoms with Crippen LogP contribution in [-0.2, 0) is 20.2 Å². The smallest absolute Gasteiger partial charge is 0.261 e. The van der Waals surface area contributed by atoms with E-state index in [0.717, 1.165) is 36.8 Å². The molecule has 374 valence electrons. The molecule has 1 amide bonds. The maximum absolute atomic E-state index is 15.1. The molecule has 8 rings (SSSR count). The van der Waals surface area contributed by atoms with Gasteiger partial charge in [-0.1, -0.05) is 231 Å². The highest BCUT2D eigenvalue weighted by Gasteiger charge is 2.64. The number of nitrogens with zero attached hydrogens (tertiary/aromatic N) is 1. The predicted octanol–water partition coefficient (Wildman–Crippen LogP) is 11.9. The fourth-order valence-electron chi connectivity index (χ4n) is 11.9. The second-order valence-electron chi connectivity index (χ2n) is 21.8. The molecule has 1 saturated carbocycles. The van der Waals surface area contributed by atoms with Crippen LogP contribution in [0.3, 0.4) is 0 Å². The summed E-state index contributed by atoms with van der Waals surface area (Å²) in [5, 5.41) is 4.45. The first kappa shape index (κ1) is 52.4. The van der Waals surface area contributed by atoms with E-state index in [-0.39, 0.29) is 40.0 Å². The molecule has 0 aromatic heterocycles. The van der Waals surface area contributed by atoms with E-state index in [0.29, 0.717) is 30.9 Å². The molecule has 1 heterocycles. The van der Waals surface area contributed by atoms with Crippen molar-refractivity contribution in [2.24, 2.45) is 11.8 Å². The lowest BCUT2D eigenvalue weighted by molar-refractivity contribution is -0.131. The molecule has 8 heteroatoms. The van der Waals surface area contributed by atoms with Gasteiger partial charge in [0, 0.05) is 41.9 Å². The number of methoxy groups -OCH3 is 2.